The molecule has 1 heterocycles. The molecule has 0 aromatic rings. The van der Waals surface area contributed by atoms with Crippen LogP contribution < -0.4 is 5.32 Å². The number of alkyl halides is 1. The summed E-state index contributed by atoms with van der Waals surface area (Å²) in [6.45, 7) is 7.32. The number of nitrogens with zero attached hydrogens (tertiary/aromatic N) is 1. The Bertz CT molecular complexity index is 305. The quantitative estimate of drug-likeness (QED) is 0.808. The van der Waals surface area contributed by atoms with Gasteiger partial charge >= 0.3 is 0 Å². The van der Waals surface area contributed by atoms with Crippen molar-refractivity contribution >= 4 is 27.7 Å². The van der Waals surface area contributed by atoms with E-state index in [2.05, 4.69) is 21.2 Å². The van der Waals surface area contributed by atoms with Crippen molar-refractivity contribution in [3.05, 3.63) is 0 Å². The van der Waals surface area contributed by atoms with E-state index in [1.165, 1.54) is 0 Å². The Morgan fingerprint density at radius 2 is 1.83 bits per heavy atom. The summed E-state index contributed by atoms with van der Waals surface area (Å²) in [5.41, 5.74) is -0.313. The monoisotopic (exact) mass is 318 g/mol. The first-order valence-corrected chi connectivity index (χ1v) is 7.61. The zero-order valence-corrected chi connectivity index (χ0v) is 13.0. The normalized spacial score (nSPS) is 17.7. The van der Waals surface area contributed by atoms with Crippen LogP contribution in [0.5, 0.6) is 0 Å². The second kappa shape index (κ2) is 6.55. The summed E-state index contributed by atoms with van der Waals surface area (Å²) in [7, 11) is 0. The third-order valence-electron chi connectivity index (χ3n) is 3.11. The standard InChI is InChI=1S/C13H23BrN2O2/c1-13(2,3)12(18)16-8-5-10(6-9-16)15-11(17)4-7-14/h10H,4-9H2,1-3H3,(H,15,17). The van der Waals surface area contributed by atoms with Crippen molar-refractivity contribution in [3.63, 3.8) is 0 Å². The van der Waals surface area contributed by atoms with Gasteiger partial charge in [0.2, 0.25) is 11.8 Å². The molecule has 0 saturated carbocycles. The third-order valence-corrected chi connectivity index (χ3v) is 3.51. The van der Waals surface area contributed by atoms with Crippen LogP contribution >= 0.6 is 15.9 Å². The fourth-order valence-corrected chi connectivity index (χ4v) is 2.45. The Hall–Kier alpha value is -0.580. The zero-order valence-electron chi connectivity index (χ0n) is 11.5. The molecular weight excluding hydrogens is 296 g/mol. The van der Waals surface area contributed by atoms with Gasteiger partial charge in [-0.2, -0.15) is 0 Å². The van der Waals surface area contributed by atoms with E-state index in [-0.39, 0.29) is 23.3 Å². The first kappa shape index (κ1) is 15.5. The molecule has 4 nitrogen and oxygen atoms in total. The number of carbonyl (C=O) groups excluding carboxylic acids is 2. The minimum Gasteiger partial charge on any atom is -0.353 e. The van der Waals surface area contributed by atoms with Crippen LogP contribution in [0.3, 0.4) is 0 Å². The predicted molar refractivity (Wildman–Crippen MR) is 75.6 cm³/mol. The molecule has 1 N–H and O–H groups in total. The molecule has 1 saturated heterocycles. The molecule has 0 bridgehead atoms. The highest BCUT2D eigenvalue weighted by molar-refractivity contribution is 9.09. The number of rotatable bonds is 3. The lowest BCUT2D eigenvalue weighted by atomic mass is 9.93. The SMILES string of the molecule is CC(C)(C)C(=O)N1CCC(NC(=O)CCBr)CC1. The van der Waals surface area contributed by atoms with Crippen LogP contribution in [0.1, 0.15) is 40.0 Å². The maximum Gasteiger partial charge on any atom is 0.227 e. The highest BCUT2D eigenvalue weighted by atomic mass is 79.9. The van der Waals surface area contributed by atoms with E-state index in [4.69, 9.17) is 0 Å². The summed E-state index contributed by atoms with van der Waals surface area (Å²) >= 11 is 3.25. The van der Waals surface area contributed by atoms with Crippen LogP contribution in [-0.2, 0) is 9.59 Å². The minimum atomic E-state index is -0.313. The average Bonchev–Trinajstić information content (AvgIpc) is 2.28. The molecule has 0 aliphatic carbocycles. The van der Waals surface area contributed by atoms with Crippen LogP contribution in [-0.4, -0.2) is 41.2 Å². The molecule has 104 valence electrons. The Morgan fingerprint density at radius 1 is 1.28 bits per heavy atom. The molecule has 0 radical (unpaired) electrons. The van der Waals surface area contributed by atoms with E-state index < -0.39 is 0 Å². The number of piperidine rings is 1. The summed E-state index contributed by atoms with van der Waals surface area (Å²) < 4.78 is 0. The Morgan fingerprint density at radius 3 is 2.28 bits per heavy atom. The van der Waals surface area contributed by atoms with E-state index in [1.54, 1.807) is 0 Å². The molecule has 2 amide bonds. The van der Waals surface area contributed by atoms with Gasteiger partial charge in [-0.05, 0) is 12.8 Å². The Kier molecular flexibility index (Phi) is 5.63. The summed E-state index contributed by atoms with van der Waals surface area (Å²) in [6.07, 6.45) is 2.23. The highest BCUT2D eigenvalue weighted by Gasteiger charge is 2.30. The number of nitrogens with one attached hydrogen (secondary N) is 1. The third kappa shape index (κ3) is 4.59. The second-order valence-electron chi connectivity index (χ2n) is 5.82. The van der Waals surface area contributed by atoms with Crippen molar-refractivity contribution in [2.45, 2.75) is 46.1 Å². The minimum absolute atomic E-state index is 0.0903. The molecule has 18 heavy (non-hydrogen) atoms. The van der Waals surface area contributed by atoms with Crippen molar-refractivity contribution in [2.75, 3.05) is 18.4 Å². The van der Waals surface area contributed by atoms with Gasteiger partial charge in [-0.1, -0.05) is 36.7 Å². The van der Waals surface area contributed by atoms with Crippen molar-refractivity contribution < 1.29 is 9.59 Å². The van der Waals surface area contributed by atoms with Crippen molar-refractivity contribution in [3.8, 4) is 0 Å². The zero-order chi connectivity index (χ0) is 13.8. The Balaban J connectivity index is 2.37. The second-order valence-corrected chi connectivity index (χ2v) is 6.62. The van der Waals surface area contributed by atoms with Crippen LogP contribution in [0.4, 0.5) is 0 Å². The summed E-state index contributed by atoms with van der Waals surface area (Å²) in [5.74, 6) is 0.292. The highest BCUT2D eigenvalue weighted by Crippen LogP contribution is 2.20. The average molecular weight is 319 g/mol. The molecule has 0 unspecified atom stereocenters. The molecule has 1 fully saturated rings. The van der Waals surface area contributed by atoms with Gasteiger partial charge in [0.15, 0.2) is 0 Å². The molecular formula is C13H23BrN2O2. The molecule has 0 atom stereocenters. The van der Waals surface area contributed by atoms with Crippen LogP contribution in [0.2, 0.25) is 0 Å². The van der Waals surface area contributed by atoms with Gasteiger partial charge in [-0.25, -0.2) is 0 Å². The van der Waals surface area contributed by atoms with Crippen LogP contribution in [0, 0.1) is 5.41 Å². The van der Waals surface area contributed by atoms with E-state index in [9.17, 15) is 9.59 Å². The van der Waals surface area contributed by atoms with Gasteiger partial charge in [-0.15, -0.1) is 0 Å². The summed E-state index contributed by atoms with van der Waals surface area (Å²) in [4.78, 5) is 25.5. The molecule has 0 aromatic heterocycles. The molecule has 5 heteroatoms. The molecule has 1 aliphatic heterocycles. The lowest BCUT2D eigenvalue weighted by Gasteiger charge is -2.36. The first-order valence-electron chi connectivity index (χ1n) is 6.49. The van der Waals surface area contributed by atoms with Crippen LogP contribution in [0.25, 0.3) is 0 Å². The Labute approximate surface area is 118 Å². The fraction of sp³-hybridized carbons (Fsp3) is 0.846. The van der Waals surface area contributed by atoms with E-state index in [1.807, 2.05) is 25.7 Å². The van der Waals surface area contributed by atoms with Gasteiger partial charge in [0.1, 0.15) is 0 Å². The molecule has 0 spiro atoms. The van der Waals surface area contributed by atoms with Crippen molar-refractivity contribution in [2.24, 2.45) is 5.41 Å². The largest absolute Gasteiger partial charge is 0.353 e. The number of likely N-dealkylation sites (tertiary alicyclic amines) is 1. The van der Waals surface area contributed by atoms with Gasteiger partial charge in [0.25, 0.3) is 0 Å². The lowest BCUT2D eigenvalue weighted by Crippen LogP contribution is -2.49. The summed E-state index contributed by atoms with van der Waals surface area (Å²) in [5, 5.41) is 3.71. The number of hydrogen-bond donors (Lipinski definition) is 1. The van der Waals surface area contributed by atoms with E-state index in [0.717, 1.165) is 25.9 Å². The topological polar surface area (TPSA) is 49.4 Å². The number of carbonyl (C=O) groups is 2. The fourth-order valence-electron chi connectivity index (χ4n) is 2.09. The predicted octanol–water partition coefficient (Wildman–Crippen LogP) is 1.92. The van der Waals surface area contributed by atoms with Gasteiger partial charge < -0.3 is 10.2 Å². The van der Waals surface area contributed by atoms with E-state index >= 15 is 0 Å². The number of hydrogen-bond acceptors (Lipinski definition) is 2. The maximum atomic E-state index is 12.1. The van der Waals surface area contributed by atoms with Gasteiger partial charge in [0.05, 0.1) is 0 Å². The molecule has 0 aromatic carbocycles. The lowest BCUT2D eigenvalue weighted by molar-refractivity contribution is -0.140. The molecule has 1 rings (SSSR count). The summed E-state index contributed by atoms with van der Waals surface area (Å²) in [6, 6.07) is 0.223. The van der Waals surface area contributed by atoms with Gasteiger partial charge in [-0.3, -0.25) is 9.59 Å². The molecule has 1 aliphatic rings. The number of halogens is 1. The van der Waals surface area contributed by atoms with Gasteiger partial charge in [0, 0.05) is 36.3 Å². The smallest absolute Gasteiger partial charge is 0.227 e. The number of amides is 2. The first-order chi connectivity index (χ1) is 8.34. The van der Waals surface area contributed by atoms with Crippen molar-refractivity contribution in [1.82, 2.24) is 10.2 Å². The van der Waals surface area contributed by atoms with Crippen molar-refractivity contribution in [1.29, 1.82) is 0 Å². The maximum absolute atomic E-state index is 12.1. The van der Waals surface area contributed by atoms with E-state index in [0.29, 0.717) is 11.8 Å². The van der Waals surface area contributed by atoms with Crippen LogP contribution in [0.15, 0.2) is 0 Å².